The number of methoxy groups -OCH3 is 1. The van der Waals surface area contributed by atoms with Crippen LogP contribution in [0.4, 0.5) is 13.2 Å². The Hall–Kier alpha value is -4.08. The number of aliphatic hydroxyl groups is 1. The van der Waals surface area contributed by atoms with Crippen molar-refractivity contribution in [3.05, 3.63) is 89.0 Å². The fourth-order valence-electron chi connectivity index (χ4n) is 2.81. The van der Waals surface area contributed by atoms with E-state index in [9.17, 15) is 23.1 Å². The van der Waals surface area contributed by atoms with Crippen LogP contribution in [0.15, 0.2) is 77.9 Å². The van der Waals surface area contributed by atoms with E-state index in [1.165, 1.54) is 29.9 Å². The number of halogens is 3. The summed E-state index contributed by atoms with van der Waals surface area (Å²) in [4.78, 5) is 12.6. The first-order valence-electron chi connectivity index (χ1n) is 9.53. The topological polar surface area (TPSA) is 79.2 Å². The van der Waals surface area contributed by atoms with Crippen LogP contribution in [0, 0.1) is 0 Å². The van der Waals surface area contributed by atoms with Crippen molar-refractivity contribution in [1.82, 2.24) is 4.57 Å². The second-order valence-corrected chi connectivity index (χ2v) is 6.74. The van der Waals surface area contributed by atoms with Gasteiger partial charge in [-0.15, -0.1) is 13.2 Å². The maximum Gasteiger partial charge on any atom is 0.573 e. The third-order valence-electron chi connectivity index (χ3n) is 4.27. The van der Waals surface area contributed by atoms with Crippen LogP contribution >= 0.6 is 0 Å². The molecule has 0 saturated heterocycles. The van der Waals surface area contributed by atoms with E-state index in [0.29, 0.717) is 28.5 Å². The van der Waals surface area contributed by atoms with Gasteiger partial charge in [0.05, 0.1) is 12.8 Å². The Morgan fingerprint density at radius 3 is 2.30 bits per heavy atom. The fraction of sp³-hybridized carbons (Fsp3) is 0.174. The normalized spacial score (nSPS) is 11.0. The Morgan fingerprint density at radius 2 is 1.70 bits per heavy atom. The lowest BCUT2D eigenvalue weighted by molar-refractivity contribution is -0.274. The molecule has 0 radical (unpaired) electrons. The van der Waals surface area contributed by atoms with E-state index in [1.54, 1.807) is 30.5 Å². The monoisotopic (exact) mass is 463 g/mol. The number of nitrogens with zero attached hydrogens (tertiary/aromatic N) is 1. The van der Waals surface area contributed by atoms with Gasteiger partial charge in [0.25, 0.3) is 5.56 Å². The summed E-state index contributed by atoms with van der Waals surface area (Å²) in [5.74, 6) is 0.568. The molecular formula is C23H20F3NO6. The van der Waals surface area contributed by atoms with Crippen LogP contribution in [-0.2, 0) is 6.61 Å². The van der Waals surface area contributed by atoms with Crippen molar-refractivity contribution < 1.29 is 37.2 Å². The van der Waals surface area contributed by atoms with Crippen molar-refractivity contribution in [3.8, 4) is 28.7 Å². The van der Waals surface area contributed by atoms with Gasteiger partial charge in [-0.25, -0.2) is 0 Å². The summed E-state index contributed by atoms with van der Waals surface area (Å²) in [7, 11) is 1.45. The van der Waals surface area contributed by atoms with Gasteiger partial charge in [-0.3, -0.25) is 9.36 Å². The second kappa shape index (κ2) is 10.0. The molecule has 174 valence electrons. The first-order chi connectivity index (χ1) is 15.6. The number of pyridine rings is 1. The van der Waals surface area contributed by atoms with Gasteiger partial charge in [-0.05, 0) is 48.0 Å². The molecule has 0 aliphatic carbocycles. The third-order valence-corrected chi connectivity index (χ3v) is 4.27. The molecule has 10 heteroatoms. The lowest BCUT2D eigenvalue weighted by atomic mass is 10.2. The molecule has 0 bridgehead atoms. The number of benzene rings is 2. The lowest BCUT2D eigenvalue weighted by Gasteiger charge is -2.13. The number of hydrogen-bond donors (Lipinski definition) is 1. The van der Waals surface area contributed by atoms with Gasteiger partial charge in [0.1, 0.15) is 30.5 Å². The molecule has 0 amide bonds. The highest BCUT2D eigenvalue weighted by Gasteiger charge is 2.30. The summed E-state index contributed by atoms with van der Waals surface area (Å²) in [5, 5.41) is 9.18. The van der Waals surface area contributed by atoms with E-state index in [1.807, 2.05) is 0 Å². The number of rotatable bonds is 9. The van der Waals surface area contributed by atoms with E-state index in [0.717, 1.165) is 12.1 Å². The van der Waals surface area contributed by atoms with E-state index in [-0.39, 0.29) is 30.3 Å². The van der Waals surface area contributed by atoms with Crippen LogP contribution in [0.5, 0.6) is 23.0 Å². The molecular weight excluding hydrogens is 443 g/mol. The minimum Gasteiger partial charge on any atom is -0.509 e. The van der Waals surface area contributed by atoms with Gasteiger partial charge in [-0.2, -0.15) is 0 Å². The Balaban J connectivity index is 1.69. The summed E-state index contributed by atoms with van der Waals surface area (Å²) in [6.45, 7) is 3.29. The highest BCUT2D eigenvalue weighted by atomic mass is 19.4. The minimum absolute atomic E-state index is 0.0384. The predicted molar refractivity (Wildman–Crippen MR) is 113 cm³/mol. The molecule has 0 aliphatic rings. The Morgan fingerprint density at radius 1 is 1.00 bits per heavy atom. The molecule has 0 atom stereocenters. The van der Waals surface area contributed by atoms with Crippen molar-refractivity contribution in [2.45, 2.75) is 13.0 Å². The first kappa shape index (κ1) is 23.6. The average Bonchev–Trinajstić information content (AvgIpc) is 2.76. The summed E-state index contributed by atoms with van der Waals surface area (Å²) in [5.41, 5.74) is 0.768. The maximum absolute atomic E-state index is 12.6. The highest BCUT2D eigenvalue weighted by Crippen LogP contribution is 2.29. The lowest BCUT2D eigenvalue weighted by Crippen LogP contribution is -2.18. The average molecular weight is 463 g/mol. The zero-order chi connectivity index (χ0) is 24.0. The standard InChI is InChI=1S/C23H20F3NO6/c1-15(28)13-32-20-8-3-17(12-21(20)30-2)27-10-9-16(11-22(27)29)14-31-18-4-6-19(7-5-18)33-23(24,25)26/h3-12,28H,1,13-14H2,2H3. The van der Waals surface area contributed by atoms with Crippen LogP contribution in [-0.4, -0.2) is 29.8 Å². The zero-order valence-corrected chi connectivity index (χ0v) is 17.5. The van der Waals surface area contributed by atoms with Crippen molar-refractivity contribution in [2.24, 2.45) is 0 Å². The SMILES string of the molecule is C=C(O)COc1ccc(-n2ccc(COc3ccc(OC(F)(F)F)cc3)cc2=O)cc1OC. The molecule has 3 rings (SSSR count). The molecule has 2 aromatic carbocycles. The Kier molecular flexibility index (Phi) is 7.17. The van der Waals surface area contributed by atoms with Gasteiger partial charge in [0.15, 0.2) is 11.5 Å². The fourth-order valence-corrected chi connectivity index (χ4v) is 2.81. The summed E-state index contributed by atoms with van der Waals surface area (Å²) in [6.07, 6.45) is -3.20. The predicted octanol–water partition coefficient (Wildman–Crippen LogP) is 4.77. The van der Waals surface area contributed by atoms with Gasteiger partial charge in [-0.1, -0.05) is 6.58 Å². The van der Waals surface area contributed by atoms with Crippen LogP contribution in [0.25, 0.3) is 5.69 Å². The van der Waals surface area contributed by atoms with E-state index < -0.39 is 6.36 Å². The molecule has 0 saturated carbocycles. The van der Waals surface area contributed by atoms with Crippen molar-refractivity contribution >= 4 is 0 Å². The number of ether oxygens (including phenoxy) is 4. The van der Waals surface area contributed by atoms with Gasteiger partial charge < -0.3 is 24.1 Å². The Bertz CT molecular complexity index is 1170. The zero-order valence-electron chi connectivity index (χ0n) is 17.5. The van der Waals surface area contributed by atoms with Crippen LogP contribution in [0.1, 0.15) is 5.56 Å². The number of aromatic nitrogens is 1. The number of hydrogen-bond acceptors (Lipinski definition) is 6. The van der Waals surface area contributed by atoms with Gasteiger partial charge in [0.2, 0.25) is 0 Å². The third kappa shape index (κ3) is 6.70. The maximum atomic E-state index is 12.6. The van der Waals surface area contributed by atoms with Crippen molar-refractivity contribution in [2.75, 3.05) is 13.7 Å². The van der Waals surface area contributed by atoms with E-state index >= 15 is 0 Å². The minimum atomic E-state index is -4.77. The molecule has 3 aromatic rings. The first-order valence-corrected chi connectivity index (χ1v) is 9.53. The van der Waals surface area contributed by atoms with Crippen LogP contribution in [0.2, 0.25) is 0 Å². The van der Waals surface area contributed by atoms with E-state index in [4.69, 9.17) is 14.2 Å². The van der Waals surface area contributed by atoms with Crippen molar-refractivity contribution in [1.29, 1.82) is 0 Å². The summed E-state index contributed by atoms with van der Waals surface area (Å²) >= 11 is 0. The quantitative estimate of drug-likeness (QED) is 0.461. The second-order valence-electron chi connectivity index (χ2n) is 6.74. The summed E-state index contributed by atoms with van der Waals surface area (Å²) in [6, 6.07) is 12.9. The number of aliphatic hydroxyl groups excluding tert-OH is 1. The van der Waals surface area contributed by atoms with Gasteiger partial charge in [0, 0.05) is 18.3 Å². The Labute approximate surface area is 186 Å². The molecule has 1 N–H and O–H groups in total. The smallest absolute Gasteiger partial charge is 0.509 e. The molecule has 0 unspecified atom stereocenters. The largest absolute Gasteiger partial charge is 0.573 e. The molecule has 0 aliphatic heterocycles. The molecule has 33 heavy (non-hydrogen) atoms. The molecule has 7 nitrogen and oxygen atoms in total. The molecule has 0 fully saturated rings. The number of alkyl halides is 3. The van der Waals surface area contributed by atoms with E-state index in [2.05, 4.69) is 11.3 Å². The molecule has 1 aromatic heterocycles. The summed E-state index contributed by atoms with van der Waals surface area (Å²) < 4.78 is 58.1. The van der Waals surface area contributed by atoms with Crippen LogP contribution in [0.3, 0.4) is 0 Å². The van der Waals surface area contributed by atoms with Crippen LogP contribution < -0.4 is 24.5 Å². The van der Waals surface area contributed by atoms with Crippen molar-refractivity contribution in [3.63, 3.8) is 0 Å². The highest BCUT2D eigenvalue weighted by molar-refractivity contribution is 5.49. The molecule has 0 spiro atoms. The van der Waals surface area contributed by atoms with Gasteiger partial charge >= 0.3 is 6.36 Å². The molecule has 1 heterocycles.